The fourth-order valence-electron chi connectivity index (χ4n) is 2.22. The maximum absolute atomic E-state index is 11.9. The first kappa shape index (κ1) is 18.1. The quantitative estimate of drug-likeness (QED) is 0.573. The highest BCUT2D eigenvalue weighted by molar-refractivity contribution is 5.89. The maximum atomic E-state index is 11.9. The number of benzene rings is 1. The molecule has 0 spiro atoms. The predicted octanol–water partition coefficient (Wildman–Crippen LogP) is 2.46. The van der Waals surface area contributed by atoms with Gasteiger partial charge in [-0.2, -0.15) is 0 Å². The van der Waals surface area contributed by atoms with Gasteiger partial charge < -0.3 is 19.9 Å². The minimum Gasteiger partial charge on any atom is -0.481 e. The summed E-state index contributed by atoms with van der Waals surface area (Å²) in [4.78, 5) is 23.4. The maximum Gasteiger partial charge on any atom is 0.319 e. The van der Waals surface area contributed by atoms with E-state index in [2.05, 4.69) is 16.6 Å². The summed E-state index contributed by atoms with van der Waals surface area (Å²) in [6.45, 7) is 1.35. The van der Waals surface area contributed by atoms with Crippen LogP contribution in [0.5, 0.6) is 5.75 Å². The molecule has 2 aromatic rings. The number of aromatic nitrogens is 1. The standard InChI is InChI=1S/C19H21N3O3/c1-2-14-25-17-9-7-8-16(15-17)21-19(24)20-11-4-6-13-22-12-5-3-10-18(22)23/h1,3,5,7-10,12,15H,4,6,11,13-14H2,(H2,20,21,24). The second-order valence-corrected chi connectivity index (χ2v) is 5.34. The second-order valence-electron chi connectivity index (χ2n) is 5.34. The van der Waals surface area contributed by atoms with Gasteiger partial charge in [-0.05, 0) is 31.0 Å². The Balaban J connectivity index is 1.68. The van der Waals surface area contributed by atoms with Gasteiger partial charge in [-0.25, -0.2) is 4.79 Å². The third kappa shape index (κ3) is 6.43. The molecule has 0 aliphatic rings. The zero-order valence-electron chi connectivity index (χ0n) is 13.9. The summed E-state index contributed by atoms with van der Waals surface area (Å²) in [5.74, 6) is 2.99. The summed E-state index contributed by atoms with van der Waals surface area (Å²) >= 11 is 0. The normalized spacial score (nSPS) is 9.88. The van der Waals surface area contributed by atoms with E-state index in [1.807, 2.05) is 6.07 Å². The molecule has 2 N–H and O–H groups in total. The third-order valence-electron chi connectivity index (χ3n) is 3.42. The monoisotopic (exact) mass is 339 g/mol. The Morgan fingerprint density at radius 1 is 1.20 bits per heavy atom. The Hall–Kier alpha value is -3.20. The molecule has 0 bridgehead atoms. The molecule has 0 aliphatic heterocycles. The van der Waals surface area contributed by atoms with Crippen molar-refractivity contribution in [2.45, 2.75) is 19.4 Å². The first-order valence-corrected chi connectivity index (χ1v) is 8.05. The summed E-state index contributed by atoms with van der Waals surface area (Å²) in [6.07, 6.45) is 8.49. The van der Waals surface area contributed by atoms with Gasteiger partial charge in [0.25, 0.3) is 0 Å². The second kappa shape index (κ2) is 9.83. The molecule has 2 amide bonds. The Kier molecular flexibility index (Phi) is 7.13. The summed E-state index contributed by atoms with van der Waals surface area (Å²) < 4.78 is 6.96. The van der Waals surface area contributed by atoms with E-state index in [9.17, 15) is 9.59 Å². The Labute approximate surface area is 146 Å². The van der Waals surface area contributed by atoms with Crippen LogP contribution in [0.3, 0.4) is 0 Å². The fourth-order valence-corrected chi connectivity index (χ4v) is 2.22. The Bertz CT molecular complexity index is 793. The van der Waals surface area contributed by atoms with Crippen LogP contribution in [0.4, 0.5) is 10.5 Å². The molecule has 0 saturated heterocycles. The SMILES string of the molecule is C#CCOc1cccc(NC(=O)NCCCCn2ccccc2=O)c1. The summed E-state index contributed by atoms with van der Waals surface area (Å²) in [7, 11) is 0. The van der Waals surface area contributed by atoms with E-state index < -0.39 is 0 Å². The van der Waals surface area contributed by atoms with Crippen LogP contribution in [0.2, 0.25) is 0 Å². The molecule has 6 nitrogen and oxygen atoms in total. The van der Waals surface area contributed by atoms with Crippen LogP contribution in [0, 0.1) is 12.3 Å². The van der Waals surface area contributed by atoms with Gasteiger partial charge in [0.2, 0.25) is 5.56 Å². The summed E-state index contributed by atoms with van der Waals surface area (Å²) in [5, 5.41) is 5.52. The summed E-state index contributed by atoms with van der Waals surface area (Å²) in [5.41, 5.74) is 0.614. The van der Waals surface area contributed by atoms with E-state index in [4.69, 9.17) is 11.2 Å². The average Bonchev–Trinajstić information content (AvgIpc) is 2.61. The number of terminal acetylenes is 1. The Morgan fingerprint density at radius 2 is 2.08 bits per heavy atom. The lowest BCUT2D eigenvalue weighted by molar-refractivity contribution is 0.252. The van der Waals surface area contributed by atoms with E-state index in [0.717, 1.165) is 12.8 Å². The molecule has 1 aromatic carbocycles. The number of rotatable bonds is 8. The van der Waals surface area contributed by atoms with Crippen molar-refractivity contribution >= 4 is 11.7 Å². The number of hydrogen-bond acceptors (Lipinski definition) is 3. The lowest BCUT2D eigenvalue weighted by Gasteiger charge is -2.09. The van der Waals surface area contributed by atoms with E-state index >= 15 is 0 Å². The largest absolute Gasteiger partial charge is 0.481 e. The third-order valence-corrected chi connectivity index (χ3v) is 3.42. The lowest BCUT2D eigenvalue weighted by atomic mass is 10.3. The van der Waals surface area contributed by atoms with Gasteiger partial charge in [0.1, 0.15) is 12.4 Å². The van der Waals surface area contributed by atoms with Crippen molar-refractivity contribution in [2.75, 3.05) is 18.5 Å². The van der Waals surface area contributed by atoms with Gasteiger partial charge in [0.15, 0.2) is 0 Å². The van der Waals surface area contributed by atoms with Crippen molar-refractivity contribution in [1.29, 1.82) is 0 Å². The van der Waals surface area contributed by atoms with Crippen LogP contribution in [0.15, 0.2) is 53.5 Å². The molecule has 2 rings (SSSR count). The lowest BCUT2D eigenvalue weighted by Crippen LogP contribution is -2.29. The number of aryl methyl sites for hydroxylation is 1. The molecule has 25 heavy (non-hydrogen) atoms. The zero-order chi connectivity index (χ0) is 17.9. The topological polar surface area (TPSA) is 72.4 Å². The zero-order valence-corrected chi connectivity index (χ0v) is 13.9. The van der Waals surface area contributed by atoms with Gasteiger partial charge in [0, 0.05) is 37.1 Å². The number of carbonyl (C=O) groups excluding carboxylic acids is 1. The highest BCUT2D eigenvalue weighted by atomic mass is 16.5. The van der Waals surface area contributed by atoms with Crippen molar-refractivity contribution in [3.63, 3.8) is 0 Å². The number of ether oxygens (including phenoxy) is 1. The first-order valence-electron chi connectivity index (χ1n) is 8.05. The van der Waals surface area contributed by atoms with Crippen LogP contribution in [-0.2, 0) is 6.54 Å². The number of pyridine rings is 1. The van der Waals surface area contributed by atoms with Crippen molar-refractivity contribution in [3.8, 4) is 18.1 Å². The number of carbonyl (C=O) groups is 1. The highest BCUT2D eigenvalue weighted by Gasteiger charge is 2.02. The number of nitrogens with one attached hydrogen (secondary N) is 2. The minimum absolute atomic E-state index is 0.0138. The van der Waals surface area contributed by atoms with Crippen LogP contribution in [0.25, 0.3) is 0 Å². The van der Waals surface area contributed by atoms with Crippen LogP contribution >= 0.6 is 0 Å². The minimum atomic E-state index is -0.286. The molecule has 0 saturated carbocycles. The average molecular weight is 339 g/mol. The van der Waals surface area contributed by atoms with Crippen LogP contribution < -0.4 is 20.9 Å². The molecule has 0 radical (unpaired) electrons. The van der Waals surface area contributed by atoms with Gasteiger partial charge >= 0.3 is 6.03 Å². The van der Waals surface area contributed by atoms with Crippen molar-refractivity contribution < 1.29 is 9.53 Å². The van der Waals surface area contributed by atoms with Gasteiger partial charge in [-0.3, -0.25) is 4.79 Å². The number of urea groups is 1. The molecular weight excluding hydrogens is 318 g/mol. The first-order chi connectivity index (χ1) is 12.2. The molecule has 6 heteroatoms. The van der Waals surface area contributed by atoms with Crippen molar-refractivity contribution in [3.05, 3.63) is 59.0 Å². The van der Waals surface area contributed by atoms with Gasteiger partial charge in [-0.1, -0.05) is 18.1 Å². The van der Waals surface area contributed by atoms with Crippen LogP contribution in [0.1, 0.15) is 12.8 Å². The predicted molar refractivity (Wildman–Crippen MR) is 97.7 cm³/mol. The van der Waals surface area contributed by atoms with Crippen molar-refractivity contribution in [2.24, 2.45) is 0 Å². The van der Waals surface area contributed by atoms with Gasteiger partial charge in [0.05, 0.1) is 0 Å². The van der Waals surface area contributed by atoms with E-state index in [-0.39, 0.29) is 18.2 Å². The summed E-state index contributed by atoms with van der Waals surface area (Å²) in [6, 6.07) is 11.8. The number of hydrogen-bond donors (Lipinski definition) is 2. The molecule has 0 atom stereocenters. The molecule has 1 aromatic heterocycles. The molecule has 0 fully saturated rings. The smallest absolute Gasteiger partial charge is 0.319 e. The molecule has 1 heterocycles. The fraction of sp³-hybridized carbons (Fsp3) is 0.263. The van der Waals surface area contributed by atoms with Crippen LogP contribution in [-0.4, -0.2) is 23.7 Å². The number of unbranched alkanes of at least 4 members (excludes halogenated alkanes) is 1. The molecule has 0 unspecified atom stereocenters. The highest BCUT2D eigenvalue weighted by Crippen LogP contribution is 2.17. The number of nitrogens with zero attached hydrogens (tertiary/aromatic N) is 1. The van der Waals surface area contributed by atoms with E-state index in [0.29, 0.717) is 24.5 Å². The van der Waals surface area contributed by atoms with Gasteiger partial charge in [-0.15, -0.1) is 6.42 Å². The van der Waals surface area contributed by atoms with E-state index in [1.54, 1.807) is 41.1 Å². The van der Waals surface area contributed by atoms with E-state index in [1.165, 1.54) is 6.07 Å². The molecular formula is C19H21N3O3. The molecule has 0 aliphatic carbocycles. The van der Waals surface area contributed by atoms with Crippen molar-refractivity contribution in [1.82, 2.24) is 9.88 Å². The molecule has 130 valence electrons. The number of anilines is 1. The number of amides is 2. The Morgan fingerprint density at radius 3 is 2.88 bits per heavy atom.